The monoisotopic (exact) mass is 222 g/mol. The number of ether oxygens (including phenoxy) is 2. The maximum atomic E-state index is 10.5. The number of carbonyl (C=O) groups is 1. The summed E-state index contributed by atoms with van der Waals surface area (Å²) in [6, 6.07) is 1.88. The Kier molecular flexibility index (Phi) is 2.73. The summed E-state index contributed by atoms with van der Waals surface area (Å²) >= 11 is 0. The molecule has 4 nitrogen and oxygen atoms in total. The average Bonchev–Trinajstić information content (AvgIpc) is 2.69. The molecule has 0 spiro atoms. The van der Waals surface area contributed by atoms with Crippen molar-refractivity contribution in [1.82, 2.24) is 0 Å². The molecular weight excluding hydrogens is 208 g/mol. The van der Waals surface area contributed by atoms with Crippen molar-refractivity contribution >= 4 is 5.97 Å². The Labute approximate surface area is 93.8 Å². The van der Waals surface area contributed by atoms with Crippen LogP contribution in [0.2, 0.25) is 0 Å². The van der Waals surface area contributed by atoms with Gasteiger partial charge in [-0.15, -0.1) is 0 Å². The van der Waals surface area contributed by atoms with Gasteiger partial charge < -0.3 is 14.6 Å². The Balaban J connectivity index is 2.32. The van der Waals surface area contributed by atoms with E-state index in [0.29, 0.717) is 6.42 Å². The first-order chi connectivity index (χ1) is 7.59. The van der Waals surface area contributed by atoms with E-state index in [0.717, 1.165) is 28.2 Å². The molecule has 0 aliphatic carbocycles. The molecule has 4 heteroatoms. The molecule has 1 heterocycles. The van der Waals surface area contributed by atoms with E-state index in [-0.39, 0.29) is 13.2 Å². The Morgan fingerprint density at radius 2 is 2.12 bits per heavy atom. The van der Waals surface area contributed by atoms with Gasteiger partial charge in [-0.1, -0.05) is 0 Å². The molecule has 0 saturated heterocycles. The van der Waals surface area contributed by atoms with Gasteiger partial charge >= 0.3 is 5.97 Å². The molecule has 0 bridgehead atoms. The number of benzene rings is 1. The predicted octanol–water partition coefficient (Wildman–Crippen LogP) is 2.05. The lowest BCUT2D eigenvalue weighted by Crippen LogP contribution is -2.00. The van der Waals surface area contributed by atoms with E-state index in [9.17, 15) is 4.79 Å². The lowest BCUT2D eigenvalue weighted by Gasteiger charge is -2.10. The zero-order valence-electron chi connectivity index (χ0n) is 9.37. The van der Waals surface area contributed by atoms with E-state index >= 15 is 0 Å². The number of hydrogen-bond acceptors (Lipinski definition) is 3. The zero-order valence-corrected chi connectivity index (χ0v) is 9.37. The molecule has 1 aromatic carbocycles. The zero-order chi connectivity index (χ0) is 11.7. The number of fused-ring (bicyclic) bond motifs is 1. The minimum absolute atomic E-state index is 0.139. The molecule has 0 aromatic heterocycles. The van der Waals surface area contributed by atoms with Gasteiger partial charge in [-0.3, -0.25) is 4.79 Å². The van der Waals surface area contributed by atoms with Crippen LogP contribution >= 0.6 is 0 Å². The molecule has 0 radical (unpaired) electrons. The first kappa shape index (κ1) is 10.8. The third-order valence-corrected chi connectivity index (χ3v) is 2.94. The van der Waals surface area contributed by atoms with Gasteiger partial charge in [-0.2, -0.15) is 0 Å². The third kappa shape index (κ3) is 1.83. The van der Waals surface area contributed by atoms with E-state index in [1.54, 1.807) is 0 Å². The van der Waals surface area contributed by atoms with Gasteiger partial charge in [0.15, 0.2) is 11.5 Å². The summed E-state index contributed by atoms with van der Waals surface area (Å²) in [5.41, 5.74) is 3.14. The fourth-order valence-corrected chi connectivity index (χ4v) is 1.87. The summed E-state index contributed by atoms with van der Waals surface area (Å²) in [6.07, 6.45) is 0.665. The highest BCUT2D eigenvalue weighted by atomic mass is 16.7. The minimum Gasteiger partial charge on any atom is -0.481 e. The van der Waals surface area contributed by atoms with Gasteiger partial charge in [0.2, 0.25) is 6.79 Å². The largest absolute Gasteiger partial charge is 0.481 e. The second-order valence-electron chi connectivity index (χ2n) is 3.91. The molecule has 0 fully saturated rings. The van der Waals surface area contributed by atoms with Crippen molar-refractivity contribution in [1.29, 1.82) is 0 Å². The number of rotatable bonds is 3. The van der Waals surface area contributed by atoms with Gasteiger partial charge in [-0.25, -0.2) is 0 Å². The first-order valence-electron chi connectivity index (χ1n) is 5.20. The first-order valence-corrected chi connectivity index (χ1v) is 5.20. The van der Waals surface area contributed by atoms with Crippen LogP contribution in [0.15, 0.2) is 6.07 Å². The SMILES string of the molecule is Cc1c(CCC(=O)O)cc2c(c1C)OCO2. The van der Waals surface area contributed by atoms with Crippen LogP contribution < -0.4 is 9.47 Å². The fourth-order valence-electron chi connectivity index (χ4n) is 1.87. The average molecular weight is 222 g/mol. The summed E-state index contributed by atoms with van der Waals surface area (Å²) in [7, 11) is 0. The highest BCUT2D eigenvalue weighted by Gasteiger charge is 2.19. The van der Waals surface area contributed by atoms with Gasteiger partial charge in [-0.05, 0) is 43.0 Å². The summed E-state index contributed by atoms with van der Waals surface area (Å²) in [4.78, 5) is 10.5. The smallest absolute Gasteiger partial charge is 0.303 e. The highest BCUT2D eigenvalue weighted by Crippen LogP contribution is 2.39. The molecule has 1 N–H and O–H groups in total. The highest BCUT2D eigenvalue weighted by molar-refractivity contribution is 5.67. The Morgan fingerprint density at radius 3 is 2.81 bits per heavy atom. The molecule has 16 heavy (non-hydrogen) atoms. The molecule has 1 aliphatic heterocycles. The second-order valence-corrected chi connectivity index (χ2v) is 3.91. The molecule has 1 aromatic rings. The molecule has 0 saturated carbocycles. The fraction of sp³-hybridized carbons (Fsp3) is 0.417. The van der Waals surface area contributed by atoms with Crippen LogP contribution in [-0.4, -0.2) is 17.9 Å². The summed E-state index contributed by atoms with van der Waals surface area (Å²) in [5.74, 6) is 0.731. The van der Waals surface area contributed by atoms with Crippen LogP contribution in [0.25, 0.3) is 0 Å². The van der Waals surface area contributed by atoms with E-state index < -0.39 is 5.97 Å². The molecule has 0 unspecified atom stereocenters. The van der Waals surface area contributed by atoms with Crippen molar-refractivity contribution in [2.45, 2.75) is 26.7 Å². The maximum Gasteiger partial charge on any atom is 0.303 e. The number of hydrogen-bond donors (Lipinski definition) is 1. The molecule has 86 valence electrons. The summed E-state index contributed by atoms with van der Waals surface area (Å²) in [6.45, 7) is 4.19. The van der Waals surface area contributed by atoms with Crippen LogP contribution in [-0.2, 0) is 11.2 Å². The van der Waals surface area contributed by atoms with E-state index in [1.807, 2.05) is 19.9 Å². The number of carboxylic acids is 1. The number of aryl methyl sites for hydroxylation is 1. The van der Waals surface area contributed by atoms with Crippen molar-refractivity contribution < 1.29 is 19.4 Å². The quantitative estimate of drug-likeness (QED) is 0.850. The van der Waals surface area contributed by atoms with Gasteiger partial charge in [0.1, 0.15) is 0 Å². The third-order valence-electron chi connectivity index (χ3n) is 2.94. The van der Waals surface area contributed by atoms with Crippen LogP contribution in [0.1, 0.15) is 23.1 Å². The number of aliphatic carboxylic acids is 1. The molecule has 0 atom stereocenters. The topological polar surface area (TPSA) is 55.8 Å². The van der Waals surface area contributed by atoms with Gasteiger partial charge in [0, 0.05) is 6.42 Å². The molecule has 1 aliphatic rings. The van der Waals surface area contributed by atoms with E-state index in [2.05, 4.69) is 0 Å². The molecular formula is C12H14O4. The Bertz CT molecular complexity index is 437. The van der Waals surface area contributed by atoms with Crippen LogP contribution in [0.4, 0.5) is 0 Å². The maximum absolute atomic E-state index is 10.5. The van der Waals surface area contributed by atoms with Crippen molar-refractivity contribution in [3.63, 3.8) is 0 Å². The second kappa shape index (κ2) is 4.04. The van der Waals surface area contributed by atoms with E-state index in [4.69, 9.17) is 14.6 Å². The van der Waals surface area contributed by atoms with E-state index in [1.165, 1.54) is 0 Å². The summed E-state index contributed by atoms with van der Waals surface area (Å²) in [5, 5.41) is 8.67. The lowest BCUT2D eigenvalue weighted by molar-refractivity contribution is -0.136. The molecule has 2 rings (SSSR count). The van der Waals surface area contributed by atoms with Crippen molar-refractivity contribution in [3.05, 3.63) is 22.8 Å². The standard InChI is InChI=1S/C12H14O4/c1-7-8(2)12-10(15-6-16-12)5-9(7)3-4-11(13)14/h5H,3-4,6H2,1-2H3,(H,13,14). The van der Waals surface area contributed by atoms with Crippen LogP contribution in [0.3, 0.4) is 0 Å². The van der Waals surface area contributed by atoms with Crippen molar-refractivity contribution in [3.8, 4) is 11.5 Å². The number of carboxylic acid groups (broad SMARTS) is 1. The lowest BCUT2D eigenvalue weighted by atomic mass is 9.98. The van der Waals surface area contributed by atoms with Crippen LogP contribution in [0.5, 0.6) is 11.5 Å². The van der Waals surface area contributed by atoms with Crippen molar-refractivity contribution in [2.75, 3.05) is 6.79 Å². The predicted molar refractivity (Wildman–Crippen MR) is 58.0 cm³/mol. The Morgan fingerprint density at radius 1 is 1.38 bits per heavy atom. The van der Waals surface area contributed by atoms with Crippen molar-refractivity contribution in [2.24, 2.45) is 0 Å². The van der Waals surface area contributed by atoms with Crippen LogP contribution in [0, 0.1) is 13.8 Å². The minimum atomic E-state index is -0.783. The molecule has 0 amide bonds. The van der Waals surface area contributed by atoms with Gasteiger partial charge in [0.25, 0.3) is 0 Å². The summed E-state index contributed by atoms with van der Waals surface area (Å²) < 4.78 is 10.7. The van der Waals surface area contributed by atoms with Gasteiger partial charge in [0.05, 0.1) is 0 Å². The normalized spacial score (nSPS) is 12.9. The Hall–Kier alpha value is -1.71.